The molecule has 0 aliphatic rings. The van der Waals surface area contributed by atoms with E-state index >= 15 is 0 Å². The van der Waals surface area contributed by atoms with Crippen molar-refractivity contribution in [2.24, 2.45) is 0 Å². The van der Waals surface area contributed by atoms with Crippen molar-refractivity contribution in [3.05, 3.63) is 176 Å². The van der Waals surface area contributed by atoms with E-state index in [2.05, 4.69) is 169 Å². The van der Waals surface area contributed by atoms with Crippen molar-refractivity contribution < 1.29 is 4.42 Å². The minimum atomic E-state index is 0.915. The quantitative estimate of drug-likeness (QED) is 0.199. The number of benzene rings is 8. The highest BCUT2D eigenvalue weighted by Gasteiger charge is 2.16. The summed E-state index contributed by atoms with van der Waals surface area (Å²) in [6.45, 7) is 0. The van der Waals surface area contributed by atoms with Gasteiger partial charge in [-0.05, 0) is 98.4 Å². The van der Waals surface area contributed by atoms with Crippen molar-refractivity contribution in [2.45, 2.75) is 0 Å². The van der Waals surface area contributed by atoms with E-state index in [1.165, 1.54) is 38.4 Å². The fraction of sp³-hybridized carbons (Fsp3) is 0. The molecule has 2 heteroatoms. The Hall–Kier alpha value is -6.12. The summed E-state index contributed by atoms with van der Waals surface area (Å²) in [4.78, 5) is 2.36. The molecular weight excluding hydrogens is 558 g/mol. The van der Waals surface area contributed by atoms with Crippen LogP contribution in [0.1, 0.15) is 0 Å². The summed E-state index contributed by atoms with van der Waals surface area (Å²) >= 11 is 0. The topological polar surface area (TPSA) is 16.4 Å². The van der Waals surface area contributed by atoms with Crippen LogP contribution in [0.2, 0.25) is 0 Å². The van der Waals surface area contributed by atoms with Crippen LogP contribution in [0.4, 0.5) is 17.1 Å². The molecular formula is C44H29NO. The second kappa shape index (κ2) is 10.8. The third-order valence-corrected chi connectivity index (χ3v) is 9.02. The zero-order chi connectivity index (χ0) is 30.5. The third-order valence-electron chi connectivity index (χ3n) is 9.02. The molecule has 9 rings (SSSR count). The van der Waals surface area contributed by atoms with Crippen LogP contribution in [0.5, 0.6) is 0 Å². The lowest BCUT2D eigenvalue weighted by molar-refractivity contribution is 0.669. The lowest BCUT2D eigenvalue weighted by Gasteiger charge is -2.26. The number of hydrogen-bond donors (Lipinski definition) is 0. The minimum absolute atomic E-state index is 0.915. The monoisotopic (exact) mass is 587 g/mol. The van der Waals surface area contributed by atoms with Gasteiger partial charge in [0.1, 0.15) is 11.2 Å². The molecule has 0 fully saturated rings. The SMILES string of the molecule is c1ccc(-c2cccc(N(c3ccc(-c4cccc5ccccc45)cc3)c3ccc4cc5oc6ccccc6c5cc4c3)c2)cc1. The molecule has 0 saturated carbocycles. The Kier molecular flexibility index (Phi) is 6.17. The zero-order valence-corrected chi connectivity index (χ0v) is 25.1. The summed E-state index contributed by atoms with van der Waals surface area (Å²) in [7, 11) is 0. The molecule has 46 heavy (non-hydrogen) atoms. The average molecular weight is 588 g/mol. The van der Waals surface area contributed by atoms with Gasteiger partial charge in [-0.2, -0.15) is 0 Å². The lowest BCUT2D eigenvalue weighted by Crippen LogP contribution is -2.10. The highest BCUT2D eigenvalue weighted by Crippen LogP contribution is 2.40. The predicted molar refractivity (Wildman–Crippen MR) is 194 cm³/mol. The summed E-state index contributed by atoms with van der Waals surface area (Å²) in [5.41, 5.74) is 9.96. The van der Waals surface area contributed by atoms with Gasteiger partial charge in [0.05, 0.1) is 0 Å². The predicted octanol–water partition coefficient (Wildman–Crippen LogP) is 12.7. The summed E-state index contributed by atoms with van der Waals surface area (Å²) in [5.74, 6) is 0. The maximum absolute atomic E-state index is 6.20. The van der Waals surface area contributed by atoms with E-state index in [1.54, 1.807) is 0 Å². The van der Waals surface area contributed by atoms with E-state index in [4.69, 9.17) is 4.42 Å². The molecule has 9 aromatic rings. The van der Waals surface area contributed by atoms with Gasteiger partial charge in [-0.3, -0.25) is 0 Å². The summed E-state index contributed by atoms with van der Waals surface area (Å²) in [6.07, 6.45) is 0. The fourth-order valence-corrected chi connectivity index (χ4v) is 6.76. The van der Waals surface area contributed by atoms with E-state index in [0.717, 1.165) is 44.4 Å². The van der Waals surface area contributed by atoms with Crippen LogP contribution >= 0.6 is 0 Å². The van der Waals surface area contributed by atoms with Gasteiger partial charge in [-0.1, -0.05) is 121 Å². The van der Waals surface area contributed by atoms with E-state index in [1.807, 2.05) is 12.1 Å². The Labute approximate surface area is 267 Å². The molecule has 0 spiro atoms. The molecule has 0 unspecified atom stereocenters. The lowest BCUT2D eigenvalue weighted by atomic mass is 9.98. The van der Waals surface area contributed by atoms with Gasteiger partial charge in [0.25, 0.3) is 0 Å². The Balaban J connectivity index is 1.20. The summed E-state index contributed by atoms with van der Waals surface area (Å²) in [5, 5.41) is 7.11. The van der Waals surface area contributed by atoms with Gasteiger partial charge in [-0.25, -0.2) is 0 Å². The van der Waals surface area contributed by atoms with Crippen LogP contribution < -0.4 is 4.90 Å². The van der Waals surface area contributed by atoms with Crippen molar-refractivity contribution in [3.63, 3.8) is 0 Å². The van der Waals surface area contributed by atoms with Gasteiger partial charge in [0.2, 0.25) is 0 Å². The van der Waals surface area contributed by atoms with E-state index in [-0.39, 0.29) is 0 Å². The Morgan fingerprint density at radius 1 is 0.326 bits per heavy atom. The smallest absolute Gasteiger partial charge is 0.136 e. The molecule has 216 valence electrons. The fourth-order valence-electron chi connectivity index (χ4n) is 6.76. The van der Waals surface area contributed by atoms with Crippen molar-refractivity contribution in [3.8, 4) is 22.3 Å². The second-order valence-electron chi connectivity index (χ2n) is 11.8. The van der Waals surface area contributed by atoms with Gasteiger partial charge >= 0.3 is 0 Å². The normalized spacial score (nSPS) is 11.5. The second-order valence-corrected chi connectivity index (χ2v) is 11.8. The van der Waals surface area contributed by atoms with Crippen LogP contribution in [0, 0.1) is 0 Å². The molecule has 0 aliphatic heterocycles. The molecule has 1 heterocycles. The van der Waals surface area contributed by atoms with E-state index in [9.17, 15) is 0 Å². The Morgan fingerprint density at radius 2 is 1.02 bits per heavy atom. The molecule has 0 amide bonds. The van der Waals surface area contributed by atoms with Crippen LogP contribution in [-0.2, 0) is 0 Å². The van der Waals surface area contributed by atoms with Gasteiger partial charge < -0.3 is 9.32 Å². The molecule has 0 saturated heterocycles. The molecule has 0 radical (unpaired) electrons. The summed E-state index contributed by atoms with van der Waals surface area (Å²) in [6, 6.07) is 62.9. The van der Waals surface area contributed by atoms with Crippen molar-refractivity contribution in [2.75, 3.05) is 4.90 Å². The molecule has 1 aromatic heterocycles. The van der Waals surface area contributed by atoms with Gasteiger partial charge in [0, 0.05) is 27.8 Å². The van der Waals surface area contributed by atoms with Gasteiger partial charge in [-0.15, -0.1) is 0 Å². The minimum Gasteiger partial charge on any atom is -0.456 e. The number of nitrogens with zero attached hydrogens (tertiary/aromatic N) is 1. The van der Waals surface area contributed by atoms with Crippen LogP contribution in [0.25, 0.3) is 65.7 Å². The highest BCUT2D eigenvalue weighted by molar-refractivity contribution is 6.10. The first-order valence-corrected chi connectivity index (χ1v) is 15.7. The van der Waals surface area contributed by atoms with Crippen LogP contribution in [0.3, 0.4) is 0 Å². The van der Waals surface area contributed by atoms with Gasteiger partial charge in [0.15, 0.2) is 0 Å². The average Bonchev–Trinajstić information content (AvgIpc) is 3.49. The molecule has 0 bridgehead atoms. The first kappa shape index (κ1) is 26.3. The highest BCUT2D eigenvalue weighted by atomic mass is 16.3. The largest absolute Gasteiger partial charge is 0.456 e. The zero-order valence-electron chi connectivity index (χ0n) is 25.1. The molecule has 8 aromatic carbocycles. The molecule has 0 aliphatic carbocycles. The Morgan fingerprint density at radius 3 is 1.91 bits per heavy atom. The Bertz CT molecular complexity index is 2520. The summed E-state index contributed by atoms with van der Waals surface area (Å²) < 4.78 is 6.20. The maximum atomic E-state index is 6.20. The van der Waals surface area contributed by atoms with E-state index in [0.29, 0.717) is 0 Å². The number of rotatable bonds is 5. The number of para-hydroxylation sites is 1. The molecule has 0 atom stereocenters. The molecule has 0 N–H and O–H groups in total. The van der Waals surface area contributed by atoms with Crippen LogP contribution in [-0.4, -0.2) is 0 Å². The first-order valence-electron chi connectivity index (χ1n) is 15.7. The number of anilines is 3. The maximum Gasteiger partial charge on any atom is 0.136 e. The standard InChI is InChI=1S/C44H29NO/c1-2-10-30(11-3-1)33-14-8-15-37(26-33)45(36-23-20-32(21-24-36)40-18-9-13-31-12-4-5-16-39(31)40)38-25-22-34-29-44-42(28-35(34)27-38)41-17-6-7-19-43(41)46-44/h1-29H. The number of furan rings is 1. The first-order chi connectivity index (χ1) is 22.8. The van der Waals surface area contributed by atoms with Crippen LogP contribution in [0.15, 0.2) is 180 Å². The van der Waals surface area contributed by atoms with E-state index < -0.39 is 0 Å². The molecule has 2 nitrogen and oxygen atoms in total. The number of hydrogen-bond acceptors (Lipinski definition) is 2. The van der Waals surface area contributed by atoms with Crippen molar-refractivity contribution >= 4 is 60.5 Å². The number of fused-ring (bicyclic) bond motifs is 5. The van der Waals surface area contributed by atoms with Crippen molar-refractivity contribution in [1.29, 1.82) is 0 Å². The third kappa shape index (κ3) is 4.51. The van der Waals surface area contributed by atoms with Crippen molar-refractivity contribution in [1.82, 2.24) is 0 Å².